The number of hydrogen-bond donors (Lipinski definition) is 1. The number of halogens is 1. The summed E-state index contributed by atoms with van der Waals surface area (Å²) < 4.78 is 18.8. The first-order valence-electron chi connectivity index (χ1n) is 7.60. The van der Waals surface area contributed by atoms with E-state index in [0.29, 0.717) is 11.2 Å². The first-order valence-corrected chi connectivity index (χ1v) is 8.42. The molecule has 0 spiro atoms. The summed E-state index contributed by atoms with van der Waals surface area (Å²) in [6.45, 7) is 5.04. The van der Waals surface area contributed by atoms with E-state index in [1.54, 1.807) is 6.20 Å². The van der Waals surface area contributed by atoms with Crippen molar-refractivity contribution in [2.24, 2.45) is 0 Å². The van der Waals surface area contributed by atoms with E-state index in [2.05, 4.69) is 32.1 Å². The zero-order valence-electron chi connectivity index (χ0n) is 13.4. The molecule has 1 N–H and O–H groups in total. The number of ether oxygens (including phenoxy) is 1. The lowest BCUT2D eigenvalue weighted by molar-refractivity contribution is -0.114. The average Bonchev–Trinajstić information content (AvgIpc) is 3.06. The van der Waals surface area contributed by atoms with E-state index < -0.39 is 5.95 Å². The first kappa shape index (κ1) is 16.7. The van der Waals surface area contributed by atoms with Crippen molar-refractivity contribution < 1.29 is 13.9 Å². The number of anilines is 1. The van der Waals surface area contributed by atoms with Crippen LogP contribution < -0.4 is 10.1 Å². The zero-order chi connectivity index (χ0) is 17.1. The third-order valence-corrected chi connectivity index (χ3v) is 4.65. The van der Waals surface area contributed by atoms with E-state index in [9.17, 15) is 9.18 Å². The summed E-state index contributed by atoms with van der Waals surface area (Å²) in [4.78, 5) is 25.9. The Kier molecular flexibility index (Phi) is 5.00. The van der Waals surface area contributed by atoms with Gasteiger partial charge in [0.1, 0.15) is 12.4 Å². The van der Waals surface area contributed by atoms with E-state index in [-0.39, 0.29) is 17.9 Å². The Balaban J connectivity index is 1.57. The summed E-state index contributed by atoms with van der Waals surface area (Å²) in [5.41, 5.74) is 0. The normalized spacial score (nSPS) is 21.0. The summed E-state index contributed by atoms with van der Waals surface area (Å²) in [7, 11) is 0. The molecule has 0 aliphatic carbocycles. The monoisotopic (exact) mass is 351 g/mol. The molecule has 1 aliphatic heterocycles. The Morgan fingerprint density at radius 2 is 2.33 bits per heavy atom. The Morgan fingerprint density at radius 3 is 3.08 bits per heavy atom. The Hall–Kier alpha value is -2.13. The standard InChI is InChI=1S/C15H18FN5O2S/c1-9-3-11(23-14-4-13(16)18-8-19-14)6-21(9)7-12-5-17-15(24-12)20-10(2)22/h4-5,8-9,11H,3,6-7H2,1-2H3,(H,17,20,22)/t9-,11+/m0/s1. The van der Waals surface area contributed by atoms with Gasteiger partial charge < -0.3 is 10.1 Å². The van der Waals surface area contributed by atoms with Crippen LogP contribution in [-0.4, -0.2) is 44.4 Å². The van der Waals surface area contributed by atoms with Gasteiger partial charge in [0.15, 0.2) is 5.13 Å². The maximum absolute atomic E-state index is 13.1. The van der Waals surface area contributed by atoms with Gasteiger partial charge in [-0.3, -0.25) is 9.69 Å². The van der Waals surface area contributed by atoms with Crippen LogP contribution in [0.3, 0.4) is 0 Å². The molecule has 1 saturated heterocycles. The van der Waals surface area contributed by atoms with Crippen molar-refractivity contribution in [1.29, 1.82) is 0 Å². The van der Waals surface area contributed by atoms with Crippen molar-refractivity contribution in [3.05, 3.63) is 29.4 Å². The highest BCUT2D eigenvalue weighted by Gasteiger charge is 2.31. The molecule has 0 radical (unpaired) electrons. The number of rotatable bonds is 5. The fourth-order valence-corrected chi connectivity index (χ4v) is 3.58. The molecule has 0 bridgehead atoms. The minimum absolute atomic E-state index is 0.0444. The molecule has 2 aromatic heterocycles. The van der Waals surface area contributed by atoms with Crippen LogP contribution >= 0.6 is 11.3 Å². The average molecular weight is 351 g/mol. The molecule has 24 heavy (non-hydrogen) atoms. The number of amides is 1. The van der Waals surface area contributed by atoms with Gasteiger partial charge in [0, 0.05) is 43.5 Å². The van der Waals surface area contributed by atoms with Crippen molar-refractivity contribution in [1.82, 2.24) is 19.9 Å². The molecular formula is C15H18FN5O2S. The molecule has 1 aliphatic rings. The van der Waals surface area contributed by atoms with Crippen molar-refractivity contribution in [2.75, 3.05) is 11.9 Å². The number of carbonyl (C=O) groups is 1. The molecular weight excluding hydrogens is 333 g/mol. The van der Waals surface area contributed by atoms with Gasteiger partial charge in [0.05, 0.1) is 6.07 Å². The molecule has 3 heterocycles. The fraction of sp³-hybridized carbons (Fsp3) is 0.467. The SMILES string of the molecule is CC(=O)Nc1ncc(CN2C[C@H](Oc3cc(F)ncn3)C[C@@H]2C)s1. The van der Waals surface area contributed by atoms with Crippen molar-refractivity contribution in [3.63, 3.8) is 0 Å². The number of nitrogens with one attached hydrogen (secondary N) is 1. The van der Waals surface area contributed by atoms with Crippen molar-refractivity contribution >= 4 is 22.4 Å². The van der Waals surface area contributed by atoms with Crippen LogP contribution in [0.15, 0.2) is 18.6 Å². The Bertz CT molecular complexity index is 725. The van der Waals surface area contributed by atoms with Gasteiger partial charge in [0.25, 0.3) is 0 Å². The molecule has 7 nitrogen and oxygen atoms in total. The third-order valence-electron chi connectivity index (χ3n) is 3.76. The van der Waals surface area contributed by atoms with Crippen LogP contribution in [-0.2, 0) is 11.3 Å². The van der Waals surface area contributed by atoms with Crippen LogP contribution in [0.25, 0.3) is 0 Å². The number of hydrogen-bond acceptors (Lipinski definition) is 7. The number of likely N-dealkylation sites (tertiary alicyclic amines) is 1. The highest BCUT2D eigenvalue weighted by Crippen LogP contribution is 2.26. The molecule has 0 unspecified atom stereocenters. The Labute approximate surface area is 142 Å². The smallest absolute Gasteiger partial charge is 0.223 e. The molecule has 3 rings (SSSR count). The van der Waals surface area contributed by atoms with Gasteiger partial charge in [-0.25, -0.2) is 15.0 Å². The molecule has 128 valence electrons. The van der Waals surface area contributed by atoms with E-state index in [1.165, 1.54) is 24.3 Å². The lowest BCUT2D eigenvalue weighted by Crippen LogP contribution is -2.27. The molecule has 1 amide bonds. The van der Waals surface area contributed by atoms with Crippen molar-refractivity contribution in [2.45, 2.75) is 39.0 Å². The van der Waals surface area contributed by atoms with Crippen LogP contribution in [0.1, 0.15) is 25.1 Å². The Morgan fingerprint density at radius 1 is 1.50 bits per heavy atom. The van der Waals surface area contributed by atoms with Gasteiger partial charge in [-0.05, 0) is 6.92 Å². The van der Waals surface area contributed by atoms with E-state index in [0.717, 1.165) is 30.7 Å². The third kappa shape index (κ3) is 4.24. The minimum Gasteiger partial charge on any atom is -0.473 e. The summed E-state index contributed by atoms with van der Waals surface area (Å²) >= 11 is 1.46. The molecule has 1 fully saturated rings. The first-order chi connectivity index (χ1) is 11.5. The molecule has 2 aromatic rings. The van der Waals surface area contributed by atoms with Gasteiger partial charge in [-0.2, -0.15) is 4.39 Å². The number of carbonyl (C=O) groups excluding carboxylic acids is 1. The molecule has 0 saturated carbocycles. The molecule has 0 aromatic carbocycles. The second-order valence-corrected chi connectivity index (χ2v) is 6.86. The van der Waals surface area contributed by atoms with Gasteiger partial charge in [0.2, 0.25) is 17.7 Å². The lowest BCUT2D eigenvalue weighted by Gasteiger charge is -2.19. The number of nitrogens with zero attached hydrogens (tertiary/aromatic N) is 4. The topological polar surface area (TPSA) is 80.2 Å². The summed E-state index contributed by atoms with van der Waals surface area (Å²) in [5.74, 6) is -0.471. The van der Waals surface area contributed by atoms with Crippen LogP contribution in [0.2, 0.25) is 0 Å². The predicted molar refractivity (Wildman–Crippen MR) is 87.3 cm³/mol. The largest absolute Gasteiger partial charge is 0.473 e. The second kappa shape index (κ2) is 7.18. The van der Waals surface area contributed by atoms with Crippen LogP contribution in [0.5, 0.6) is 5.88 Å². The molecule has 9 heteroatoms. The quantitative estimate of drug-likeness (QED) is 0.831. The highest BCUT2D eigenvalue weighted by atomic mass is 32.1. The zero-order valence-corrected chi connectivity index (χ0v) is 14.2. The van der Waals surface area contributed by atoms with Crippen LogP contribution in [0, 0.1) is 5.95 Å². The second-order valence-electron chi connectivity index (χ2n) is 5.75. The van der Waals surface area contributed by atoms with E-state index in [4.69, 9.17) is 4.74 Å². The lowest BCUT2D eigenvalue weighted by atomic mass is 10.2. The van der Waals surface area contributed by atoms with Gasteiger partial charge in [-0.15, -0.1) is 11.3 Å². The number of aromatic nitrogens is 3. The maximum atomic E-state index is 13.1. The summed E-state index contributed by atoms with van der Waals surface area (Å²) in [5, 5.41) is 3.29. The fourth-order valence-electron chi connectivity index (χ4n) is 2.69. The number of thiazole rings is 1. The van der Waals surface area contributed by atoms with Gasteiger partial charge >= 0.3 is 0 Å². The summed E-state index contributed by atoms with van der Waals surface area (Å²) in [6, 6.07) is 1.52. The molecule has 2 atom stereocenters. The maximum Gasteiger partial charge on any atom is 0.223 e. The summed E-state index contributed by atoms with van der Waals surface area (Å²) in [6.07, 6.45) is 3.72. The van der Waals surface area contributed by atoms with E-state index >= 15 is 0 Å². The van der Waals surface area contributed by atoms with Crippen LogP contribution in [0.4, 0.5) is 9.52 Å². The highest BCUT2D eigenvalue weighted by molar-refractivity contribution is 7.15. The van der Waals surface area contributed by atoms with Crippen molar-refractivity contribution in [3.8, 4) is 5.88 Å². The van der Waals surface area contributed by atoms with E-state index in [1.807, 2.05) is 0 Å². The predicted octanol–water partition coefficient (Wildman–Crippen LogP) is 2.07. The van der Waals surface area contributed by atoms with Gasteiger partial charge in [-0.1, -0.05) is 0 Å². The minimum atomic E-state index is -0.599.